The Kier molecular flexibility index (Phi) is 2.46. The van der Waals surface area contributed by atoms with Crippen LogP contribution in [0.3, 0.4) is 0 Å². The number of para-hydroxylation sites is 2. The van der Waals surface area contributed by atoms with E-state index in [2.05, 4.69) is 0 Å². The van der Waals surface area contributed by atoms with E-state index >= 15 is 0 Å². The molecule has 0 saturated heterocycles. The van der Waals surface area contributed by atoms with Crippen LogP contribution < -0.4 is 46.6 Å². The molecule has 0 fully saturated rings. The van der Waals surface area contributed by atoms with E-state index in [-0.39, 0.29) is 0 Å². The van der Waals surface area contributed by atoms with Gasteiger partial charge >= 0.3 is 0 Å². The maximum Gasteiger partial charge on any atom is 0.260 e. The molecular weight excluding hydrogens is 575 g/mol. The number of hydrogen-bond acceptors (Lipinski definition) is 2. The third-order valence-corrected chi connectivity index (χ3v) is 11.5. The Morgan fingerprint density at radius 1 is 0.435 bits per heavy atom. The first kappa shape index (κ1) is 10.5. The molecule has 0 spiro atoms. The van der Waals surface area contributed by atoms with Crippen molar-refractivity contribution in [3.05, 3.63) is 175 Å². The zero-order valence-electron chi connectivity index (χ0n) is 51.9. The van der Waals surface area contributed by atoms with Crippen LogP contribution in [0.15, 0.2) is 175 Å². The molecule has 2 heterocycles. The molecule has 0 saturated carbocycles. The summed E-state index contributed by atoms with van der Waals surface area (Å²) >= 11 is 0. The van der Waals surface area contributed by atoms with Gasteiger partial charge in [0.05, 0.1) is 39.8 Å². The molecule has 2 aliphatic heterocycles. The second kappa shape index (κ2) is 10.8. The zero-order valence-corrected chi connectivity index (χ0v) is 23.9. The fourth-order valence-corrected chi connectivity index (χ4v) is 9.21. The minimum absolute atomic E-state index is 0.469. The smallest absolute Gasteiger partial charge is 0.260 e. The van der Waals surface area contributed by atoms with Crippen LogP contribution in [0, 0.1) is 0 Å². The Bertz CT molecular complexity index is 3590. The molecule has 0 radical (unpaired) electrons. The van der Waals surface area contributed by atoms with Gasteiger partial charge in [-0.15, -0.1) is 0 Å². The lowest BCUT2D eigenvalue weighted by molar-refractivity contribution is 0.465. The minimum Gasteiger partial charge on any atom is -0.458 e. The standard InChI is InChI=1S/C42H29BO2Si/c1-4-16-31(17-5-1)46(32-18-6-2-7-19-32,33-20-8-3-9-21-33)34-22-14-15-30(29-34)35-27-28-40-41-42(35)45-39-26-13-11-24-37(39)43(41)36-23-10-12-25-38(36)44-40/h1-29H/i1D,2D,3D,4D,5D,6D,7D,8D,9D,10D,11D,12D,13D,14D,15D,16D,17D,18D,19D,20D,21D,22D,23D,24D,25D,26D,27D,28D,29D. The Morgan fingerprint density at radius 3 is 1.52 bits per heavy atom. The summed E-state index contributed by atoms with van der Waals surface area (Å²) in [5.41, 5.74) is -3.43. The topological polar surface area (TPSA) is 18.5 Å². The molecule has 0 aromatic heterocycles. The lowest BCUT2D eigenvalue weighted by atomic mass is 9.34. The quantitative estimate of drug-likeness (QED) is 0.185. The second-order valence-electron chi connectivity index (χ2n) is 9.82. The van der Waals surface area contributed by atoms with Crippen molar-refractivity contribution in [1.82, 2.24) is 0 Å². The van der Waals surface area contributed by atoms with Crippen LogP contribution in [0.25, 0.3) is 11.1 Å². The molecule has 216 valence electrons. The molecular formula is C42H29BO2Si. The van der Waals surface area contributed by atoms with Crippen molar-refractivity contribution in [2.24, 2.45) is 0 Å². The maximum atomic E-state index is 10.3. The molecule has 9 rings (SSSR count). The van der Waals surface area contributed by atoms with E-state index in [1.807, 2.05) is 0 Å². The van der Waals surface area contributed by atoms with E-state index in [9.17, 15) is 16.4 Å². The van der Waals surface area contributed by atoms with Gasteiger partial charge in [-0.25, -0.2) is 0 Å². The number of benzene rings is 7. The number of rotatable bonds is 5. The van der Waals surface area contributed by atoms with Crippen LogP contribution in [0.5, 0.6) is 23.0 Å². The van der Waals surface area contributed by atoms with Crippen molar-refractivity contribution in [2.45, 2.75) is 0 Å². The van der Waals surface area contributed by atoms with Crippen molar-refractivity contribution in [3.63, 3.8) is 0 Å². The van der Waals surface area contributed by atoms with Crippen LogP contribution >= 0.6 is 0 Å². The van der Waals surface area contributed by atoms with E-state index in [1.165, 1.54) is 0 Å². The predicted octanol–water partition coefficient (Wildman–Crippen LogP) is 5.46. The largest absolute Gasteiger partial charge is 0.458 e. The van der Waals surface area contributed by atoms with Crippen molar-refractivity contribution in [3.8, 4) is 34.1 Å². The molecule has 7 aromatic carbocycles. The van der Waals surface area contributed by atoms with Crippen LogP contribution in [-0.4, -0.2) is 14.8 Å². The molecule has 0 unspecified atom stereocenters. The third kappa shape index (κ3) is 4.04. The molecule has 0 N–H and O–H groups in total. The van der Waals surface area contributed by atoms with Gasteiger partial charge in [0, 0.05) is 11.0 Å². The number of hydrogen-bond donors (Lipinski definition) is 0. The first-order valence-corrected chi connectivity index (χ1v) is 15.4. The number of fused-ring (bicyclic) bond motifs is 4. The summed E-state index contributed by atoms with van der Waals surface area (Å²) in [6.45, 7) is -1.82. The minimum atomic E-state index is -6.41. The summed E-state index contributed by atoms with van der Waals surface area (Å²) in [6, 6.07) is -32.3. The average molecular weight is 634 g/mol. The van der Waals surface area contributed by atoms with E-state index in [0.717, 1.165) is 0 Å². The van der Waals surface area contributed by atoms with Gasteiger partial charge in [-0.3, -0.25) is 0 Å². The highest BCUT2D eigenvalue weighted by Crippen LogP contribution is 2.40. The Labute approximate surface area is 311 Å². The SMILES string of the molecule is [2H]c1c([2H])c([2H])c([Si](c2c([2H])c([2H])c([2H])c([2H])c2[2H])(c2c([2H])c([2H])c([2H])c([2H])c2[2H])c2c([2H])c([2H])c([2H])c(-c3c([2H])c([2H])c4c5c3Oc3c([2H])c([2H])c([2H])c([2H])c3B5c3c([2H])c([2H])c([2H])c([2H])c3O4)c2[2H])c([2H])c1[2H]. The molecule has 4 heteroatoms. The highest BCUT2D eigenvalue weighted by atomic mass is 28.3. The van der Waals surface area contributed by atoms with E-state index < -0.39 is 261 Å². The van der Waals surface area contributed by atoms with Crippen LogP contribution in [-0.2, 0) is 0 Å². The van der Waals surface area contributed by atoms with Gasteiger partial charge in [-0.2, -0.15) is 0 Å². The summed E-state index contributed by atoms with van der Waals surface area (Å²) in [6.07, 6.45) is 0. The summed E-state index contributed by atoms with van der Waals surface area (Å²) in [5, 5.41) is -4.68. The predicted molar refractivity (Wildman–Crippen MR) is 193 cm³/mol. The first-order valence-electron chi connectivity index (χ1n) is 27.9. The van der Waals surface area contributed by atoms with Gasteiger partial charge < -0.3 is 9.47 Å². The van der Waals surface area contributed by atoms with E-state index in [1.54, 1.807) is 0 Å². The lowest BCUT2D eigenvalue weighted by Gasteiger charge is -2.35. The molecule has 0 atom stereocenters. The Balaban J connectivity index is 1.60. The van der Waals surface area contributed by atoms with Crippen molar-refractivity contribution in [1.29, 1.82) is 0 Å². The lowest BCUT2D eigenvalue weighted by Crippen LogP contribution is -2.74. The molecule has 0 aliphatic carbocycles. The molecule has 2 nitrogen and oxygen atoms in total. The summed E-state index contributed by atoms with van der Waals surface area (Å²) < 4.78 is 276. The van der Waals surface area contributed by atoms with Gasteiger partial charge in [0.15, 0.2) is 8.07 Å². The highest BCUT2D eigenvalue weighted by Gasteiger charge is 2.43. The maximum absolute atomic E-state index is 10.3. The molecule has 0 bridgehead atoms. The third-order valence-electron chi connectivity index (χ3n) is 7.53. The van der Waals surface area contributed by atoms with Gasteiger partial charge in [-0.1, -0.05) is 151 Å². The first-order chi connectivity index (χ1) is 34.9. The zero-order chi connectivity index (χ0) is 55.7. The van der Waals surface area contributed by atoms with Crippen molar-refractivity contribution >= 4 is 51.9 Å². The fourth-order valence-electron chi connectivity index (χ4n) is 5.65. The average Bonchev–Trinajstić information content (AvgIpc) is 3.38. The summed E-state index contributed by atoms with van der Waals surface area (Å²) in [4.78, 5) is 0. The van der Waals surface area contributed by atoms with Gasteiger partial charge in [0.25, 0.3) is 6.71 Å². The van der Waals surface area contributed by atoms with Gasteiger partial charge in [-0.05, 0) is 61.4 Å². The summed E-state index contributed by atoms with van der Waals surface area (Å²) in [7, 11) is -6.41. The van der Waals surface area contributed by atoms with Gasteiger partial charge in [0.2, 0.25) is 0 Å². The molecule has 46 heavy (non-hydrogen) atoms. The van der Waals surface area contributed by atoms with Gasteiger partial charge in [0.1, 0.15) is 23.0 Å². The van der Waals surface area contributed by atoms with Crippen LogP contribution in [0.2, 0.25) is 0 Å². The van der Waals surface area contributed by atoms with Crippen molar-refractivity contribution < 1.29 is 49.2 Å². The Morgan fingerprint density at radius 2 is 0.935 bits per heavy atom. The second-order valence-corrected chi connectivity index (χ2v) is 13.3. The molecule has 0 amide bonds. The summed E-state index contributed by atoms with van der Waals surface area (Å²) in [5.74, 6) is -2.88. The fraction of sp³-hybridized carbons (Fsp3) is 0. The van der Waals surface area contributed by atoms with E-state index in [4.69, 9.17) is 32.8 Å². The highest BCUT2D eigenvalue weighted by molar-refractivity contribution is 7.19. The molecule has 7 aromatic rings. The molecule has 2 aliphatic rings. The Hall–Kier alpha value is -5.58. The number of ether oxygens (including phenoxy) is 2. The van der Waals surface area contributed by atoms with Crippen LogP contribution in [0.1, 0.15) is 39.8 Å². The van der Waals surface area contributed by atoms with Crippen molar-refractivity contribution in [2.75, 3.05) is 0 Å². The van der Waals surface area contributed by atoms with E-state index in [0.29, 0.717) is 0 Å². The normalized spacial score (nSPS) is 21.5. The monoisotopic (exact) mass is 633 g/mol. The van der Waals surface area contributed by atoms with Crippen LogP contribution in [0.4, 0.5) is 0 Å².